The highest BCUT2D eigenvalue weighted by Crippen LogP contribution is 2.33. The Balaban J connectivity index is 2.04. The highest BCUT2D eigenvalue weighted by molar-refractivity contribution is 7.86. The molecule has 2 amide bonds. The van der Waals surface area contributed by atoms with E-state index in [0.717, 1.165) is 6.21 Å². The molecular weight excluding hydrogens is 286 g/mol. The minimum Gasteiger partial charge on any atom is -0.314 e. The summed E-state index contributed by atoms with van der Waals surface area (Å²) in [6, 6.07) is -1.16. The van der Waals surface area contributed by atoms with Gasteiger partial charge in [0.25, 0.3) is 16.0 Å². The molecule has 0 saturated carbocycles. The summed E-state index contributed by atoms with van der Waals surface area (Å²) in [5.74, 6) is -0.733. The minimum atomic E-state index is -4.30. The zero-order valence-corrected chi connectivity index (χ0v) is 11.4. The van der Waals surface area contributed by atoms with Crippen molar-refractivity contribution in [2.24, 2.45) is 4.99 Å². The zero-order chi connectivity index (χ0) is 14.7. The molecule has 3 aliphatic heterocycles. The predicted molar refractivity (Wildman–Crippen MR) is 68.6 cm³/mol. The van der Waals surface area contributed by atoms with E-state index in [0.29, 0.717) is 0 Å². The van der Waals surface area contributed by atoms with Crippen LogP contribution in [-0.2, 0) is 19.7 Å². The monoisotopic (exact) mass is 299 g/mol. The third kappa shape index (κ3) is 1.77. The van der Waals surface area contributed by atoms with Crippen molar-refractivity contribution >= 4 is 28.1 Å². The molecule has 0 radical (unpaired) electrons. The molecular formula is C11H13N3O5S. The molecule has 108 valence electrons. The molecule has 0 aromatic carbocycles. The first kappa shape index (κ1) is 13.3. The van der Waals surface area contributed by atoms with Gasteiger partial charge in [0.15, 0.2) is 0 Å². The topological polar surface area (TPSA) is 107 Å². The maximum atomic E-state index is 12.0. The van der Waals surface area contributed by atoms with E-state index in [-0.39, 0.29) is 18.5 Å². The van der Waals surface area contributed by atoms with Gasteiger partial charge in [0.05, 0.1) is 12.3 Å². The average Bonchev–Trinajstić information content (AvgIpc) is 2.77. The summed E-state index contributed by atoms with van der Waals surface area (Å²) in [7, 11) is -4.30. The van der Waals surface area contributed by atoms with Crippen molar-refractivity contribution in [2.75, 3.05) is 6.54 Å². The molecule has 3 aliphatic rings. The van der Waals surface area contributed by atoms with Gasteiger partial charge in [-0.1, -0.05) is 6.08 Å². The highest BCUT2D eigenvalue weighted by atomic mass is 32.2. The molecule has 0 aromatic heterocycles. The Hall–Kier alpha value is -1.74. The van der Waals surface area contributed by atoms with Gasteiger partial charge in [-0.2, -0.15) is 8.42 Å². The van der Waals surface area contributed by atoms with Gasteiger partial charge in [-0.15, -0.1) is 0 Å². The molecule has 3 heterocycles. The number of carbonyl (C=O) groups excluding carboxylic acids is 2. The van der Waals surface area contributed by atoms with Crippen LogP contribution in [0.4, 0.5) is 0 Å². The molecule has 1 N–H and O–H groups in total. The third-order valence-corrected chi connectivity index (χ3v) is 5.25. The van der Waals surface area contributed by atoms with E-state index in [9.17, 15) is 22.6 Å². The van der Waals surface area contributed by atoms with E-state index in [1.807, 2.05) is 0 Å². The summed E-state index contributed by atoms with van der Waals surface area (Å²) in [5, 5.41) is -1.17. The molecule has 3 rings (SSSR count). The first-order chi connectivity index (χ1) is 9.30. The number of amides is 2. The number of hydrogen-bond acceptors (Lipinski definition) is 5. The van der Waals surface area contributed by atoms with Crippen molar-refractivity contribution in [3.63, 3.8) is 0 Å². The third-order valence-electron chi connectivity index (χ3n) is 3.99. The molecule has 1 fully saturated rings. The molecule has 1 saturated heterocycles. The number of nitrogens with zero attached hydrogens (tertiary/aromatic N) is 3. The predicted octanol–water partition coefficient (Wildman–Crippen LogP) is -1.35. The Kier molecular flexibility index (Phi) is 2.73. The molecule has 4 atom stereocenters. The van der Waals surface area contributed by atoms with Gasteiger partial charge in [0.2, 0.25) is 5.91 Å². The Bertz CT molecular complexity index is 640. The van der Waals surface area contributed by atoms with Gasteiger partial charge >= 0.3 is 0 Å². The normalized spacial score (nSPS) is 33.6. The fourth-order valence-corrected chi connectivity index (χ4v) is 3.51. The van der Waals surface area contributed by atoms with Crippen LogP contribution in [-0.4, -0.2) is 70.8 Å². The Labute approximate surface area is 115 Å². The van der Waals surface area contributed by atoms with Crippen molar-refractivity contribution in [3.05, 3.63) is 12.2 Å². The molecule has 4 unspecified atom stereocenters. The van der Waals surface area contributed by atoms with Gasteiger partial charge in [-0.05, 0) is 6.92 Å². The maximum Gasteiger partial charge on any atom is 0.269 e. The van der Waals surface area contributed by atoms with Crippen LogP contribution >= 0.6 is 0 Å². The second kappa shape index (κ2) is 4.13. The van der Waals surface area contributed by atoms with E-state index in [4.69, 9.17) is 0 Å². The summed E-state index contributed by atoms with van der Waals surface area (Å²) in [4.78, 5) is 30.7. The quantitative estimate of drug-likeness (QED) is 0.634. The molecule has 0 bridgehead atoms. The van der Waals surface area contributed by atoms with Crippen molar-refractivity contribution < 1.29 is 22.6 Å². The lowest BCUT2D eigenvalue weighted by atomic mass is 10.1. The molecule has 20 heavy (non-hydrogen) atoms. The second-order valence-electron chi connectivity index (χ2n) is 5.07. The lowest BCUT2D eigenvalue weighted by Crippen LogP contribution is -2.57. The summed E-state index contributed by atoms with van der Waals surface area (Å²) < 4.78 is 31.9. The number of rotatable bonds is 2. The van der Waals surface area contributed by atoms with Crippen LogP contribution in [0.3, 0.4) is 0 Å². The maximum absolute atomic E-state index is 12.0. The Morgan fingerprint density at radius 1 is 1.40 bits per heavy atom. The van der Waals surface area contributed by atoms with E-state index >= 15 is 0 Å². The molecule has 0 spiro atoms. The zero-order valence-electron chi connectivity index (χ0n) is 10.6. The lowest BCUT2D eigenvalue weighted by Gasteiger charge is -2.38. The summed E-state index contributed by atoms with van der Waals surface area (Å²) in [6.45, 7) is 1.39. The standard InChI is InChI=1S/C11H13N3O5S/c1-6(20(17,18)19)8-5-13-9(15)3-2-7-11(13)14(8)10(16)4-12-7/h2-4,6-8,11H,5H2,1H3,(H,17,18,19). The summed E-state index contributed by atoms with van der Waals surface area (Å²) >= 11 is 0. The number of carbonyl (C=O) groups is 2. The molecule has 0 aliphatic carbocycles. The van der Waals surface area contributed by atoms with Gasteiger partial charge in [0.1, 0.15) is 17.5 Å². The largest absolute Gasteiger partial charge is 0.314 e. The second-order valence-corrected chi connectivity index (χ2v) is 6.84. The van der Waals surface area contributed by atoms with Crippen LogP contribution in [0, 0.1) is 0 Å². The first-order valence-electron chi connectivity index (χ1n) is 6.11. The van der Waals surface area contributed by atoms with E-state index in [1.54, 1.807) is 6.08 Å². The smallest absolute Gasteiger partial charge is 0.269 e. The van der Waals surface area contributed by atoms with Gasteiger partial charge in [0, 0.05) is 12.6 Å². The molecule has 8 nitrogen and oxygen atoms in total. The summed E-state index contributed by atoms with van der Waals surface area (Å²) in [5.41, 5.74) is 0. The first-order valence-corrected chi connectivity index (χ1v) is 7.61. The molecule has 0 aromatic rings. The van der Waals surface area contributed by atoms with Crippen molar-refractivity contribution in [1.29, 1.82) is 0 Å². The minimum absolute atomic E-state index is 0.0698. The van der Waals surface area contributed by atoms with E-state index in [2.05, 4.69) is 4.99 Å². The fraction of sp³-hybridized carbons (Fsp3) is 0.545. The van der Waals surface area contributed by atoms with Gasteiger partial charge < -0.3 is 9.80 Å². The Morgan fingerprint density at radius 2 is 2.10 bits per heavy atom. The average molecular weight is 299 g/mol. The van der Waals surface area contributed by atoms with Crippen LogP contribution < -0.4 is 0 Å². The van der Waals surface area contributed by atoms with Crippen LogP contribution in [0.25, 0.3) is 0 Å². The lowest BCUT2D eigenvalue weighted by molar-refractivity contribution is -0.134. The fourth-order valence-electron chi connectivity index (χ4n) is 2.90. The highest BCUT2D eigenvalue weighted by Gasteiger charge is 2.53. The van der Waals surface area contributed by atoms with Crippen LogP contribution in [0.2, 0.25) is 0 Å². The van der Waals surface area contributed by atoms with Crippen LogP contribution in [0.1, 0.15) is 6.92 Å². The van der Waals surface area contributed by atoms with Crippen LogP contribution in [0.15, 0.2) is 17.1 Å². The van der Waals surface area contributed by atoms with Crippen molar-refractivity contribution in [3.8, 4) is 0 Å². The number of hydrogen-bond donors (Lipinski definition) is 1. The van der Waals surface area contributed by atoms with E-state index < -0.39 is 33.5 Å². The van der Waals surface area contributed by atoms with E-state index in [1.165, 1.54) is 22.8 Å². The Morgan fingerprint density at radius 3 is 2.75 bits per heavy atom. The SMILES string of the molecule is CC(C1CN2C(=O)C=CC3N=CC(=O)N1C32)S(=O)(=O)O. The molecule has 9 heteroatoms. The van der Waals surface area contributed by atoms with Gasteiger partial charge in [-0.25, -0.2) is 0 Å². The van der Waals surface area contributed by atoms with Gasteiger partial charge in [-0.3, -0.25) is 19.1 Å². The van der Waals surface area contributed by atoms with Crippen LogP contribution in [0.5, 0.6) is 0 Å². The summed E-state index contributed by atoms with van der Waals surface area (Å²) in [6.07, 6.45) is 3.50. The van der Waals surface area contributed by atoms with Crippen molar-refractivity contribution in [1.82, 2.24) is 9.80 Å². The van der Waals surface area contributed by atoms with Crippen molar-refractivity contribution in [2.45, 2.75) is 30.4 Å². The number of aliphatic imine (C=N–C) groups is 1.